The summed E-state index contributed by atoms with van der Waals surface area (Å²) in [7, 11) is 0. The topological polar surface area (TPSA) is 69.7 Å². The summed E-state index contributed by atoms with van der Waals surface area (Å²) in [6, 6.07) is 15.6. The van der Waals surface area contributed by atoms with Crippen LogP contribution in [0.2, 0.25) is 10.0 Å². The van der Waals surface area contributed by atoms with Crippen molar-refractivity contribution >= 4 is 57.4 Å². The van der Waals surface area contributed by atoms with Crippen molar-refractivity contribution in [3.8, 4) is 0 Å². The Morgan fingerprint density at radius 2 is 1.76 bits per heavy atom. The zero-order valence-electron chi connectivity index (χ0n) is 19.0. The summed E-state index contributed by atoms with van der Waals surface area (Å²) < 4.78 is 0. The van der Waals surface area contributed by atoms with E-state index in [1.165, 1.54) is 9.80 Å². The molecule has 1 atom stereocenters. The molecule has 0 aromatic heterocycles. The van der Waals surface area contributed by atoms with Crippen molar-refractivity contribution in [3.05, 3.63) is 75.8 Å². The third kappa shape index (κ3) is 4.48. The Bertz CT molecular complexity index is 1270. The van der Waals surface area contributed by atoms with Crippen LogP contribution >= 0.6 is 23.2 Å². The molecule has 1 N–H and O–H groups in total. The molecule has 8 heteroatoms. The van der Waals surface area contributed by atoms with E-state index < -0.39 is 6.04 Å². The number of benzene rings is 3. The lowest BCUT2D eigenvalue weighted by Crippen LogP contribution is -2.52. The Labute approximate surface area is 208 Å². The number of nitrogens with zero attached hydrogens (tertiary/aromatic N) is 2. The molecule has 34 heavy (non-hydrogen) atoms. The monoisotopic (exact) mass is 497 g/mol. The van der Waals surface area contributed by atoms with Gasteiger partial charge in [-0.1, -0.05) is 60.5 Å². The molecule has 176 valence electrons. The molecule has 0 saturated carbocycles. The molecule has 0 aliphatic carbocycles. The fourth-order valence-electron chi connectivity index (χ4n) is 4.41. The van der Waals surface area contributed by atoms with Gasteiger partial charge in [-0.05, 0) is 48.6 Å². The van der Waals surface area contributed by atoms with E-state index in [-0.39, 0.29) is 30.8 Å². The van der Waals surface area contributed by atoms with Crippen LogP contribution in [0.15, 0.2) is 54.6 Å². The highest BCUT2D eigenvalue weighted by Gasteiger charge is 2.35. The number of carbonyl (C=O) groups is 3. The molecule has 3 aromatic rings. The number of hydrogen-bond donors (Lipinski definition) is 1. The number of likely N-dealkylation sites (N-methyl/N-ethyl adjacent to an activating group) is 1. The average Bonchev–Trinajstić information content (AvgIpc) is 3.09. The first-order chi connectivity index (χ1) is 16.3. The number of anilines is 1. The van der Waals surface area contributed by atoms with Gasteiger partial charge >= 0.3 is 0 Å². The van der Waals surface area contributed by atoms with Crippen molar-refractivity contribution in [3.63, 3.8) is 0 Å². The van der Waals surface area contributed by atoms with Crippen molar-refractivity contribution in [1.82, 2.24) is 10.2 Å². The molecule has 1 aliphatic heterocycles. The van der Waals surface area contributed by atoms with Crippen molar-refractivity contribution in [2.45, 2.75) is 32.9 Å². The number of rotatable bonds is 8. The molecule has 0 saturated heterocycles. The van der Waals surface area contributed by atoms with Crippen molar-refractivity contribution < 1.29 is 14.4 Å². The number of hydrogen-bond acceptors (Lipinski definition) is 3. The van der Waals surface area contributed by atoms with E-state index in [9.17, 15) is 14.4 Å². The van der Waals surface area contributed by atoms with Crippen LogP contribution in [-0.2, 0) is 16.1 Å². The maximum Gasteiger partial charge on any atom is 0.259 e. The van der Waals surface area contributed by atoms with Gasteiger partial charge in [0, 0.05) is 24.0 Å². The van der Waals surface area contributed by atoms with E-state index in [1.54, 1.807) is 24.3 Å². The molecule has 1 aliphatic rings. The molecule has 6 nitrogen and oxygen atoms in total. The van der Waals surface area contributed by atoms with Gasteiger partial charge in [0.25, 0.3) is 5.91 Å². The van der Waals surface area contributed by atoms with Gasteiger partial charge in [-0.25, -0.2) is 0 Å². The van der Waals surface area contributed by atoms with Crippen LogP contribution < -0.4 is 10.2 Å². The normalized spacial score (nSPS) is 13.3. The van der Waals surface area contributed by atoms with Crippen LogP contribution in [0.3, 0.4) is 0 Å². The standard InChI is InChI=1S/C26H25Cl2N3O3/c1-3-21(25(33)29-4-2)30(14-16-11-12-19(27)20(28)13-16)23(32)15-31-22-10-6-8-17-7-5-9-18(24(17)22)26(31)34/h5-13,21H,3-4,14-15H2,1-2H3,(H,29,33)/t21-/m1/s1. The van der Waals surface area contributed by atoms with Gasteiger partial charge in [0.05, 0.1) is 15.7 Å². The lowest BCUT2D eigenvalue weighted by Gasteiger charge is -2.32. The highest BCUT2D eigenvalue weighted by molar-refractivity contribution is 6.42. The van der Waals surface area contributed by atoms with Gasteiger partial charge in [0.2, 0.25) is 11.8 Å². The first kappa shape index (κ1) is 24.0. The third-order valence-electron chi connectivity index (χ3n) is 6.02. The molecule has 4 rings (SSSR count). The fourth-order valence-corrected chi connectivity index (χ4v) is 4.73. The Morgan fingerprint density at radius 3 is 2.44 bits per heavy atom. The van der Waals surface area contributed by atoms with Crippen molar-refractivity contribution in [1.29, 1.82) is 0 Å². The van der Waals surface area contributed by atoms with Gasteiger partial charge in [-0.3, -0.25) is 19.3 Å². The summed E-state index contributed by atoms with van der Waals surface area (Å²) in [5.74, 6) is -0.792. The van der Waals surface area contributed by atoms with Gasteiger partial charge < -0.3 is 10.2 Å². The third-order valence-corrected chi connectivity index (χ3v) is 6.76. The molecule has 1 heterocycles. The van der Waals surface area contributed by atoms with E-state index >= 15 is 0 Å². The Kier molecular flexibility index (Phi) is 7.10. The van der Waals surface area contributed by atoms with Crippen LogP contribution in [-0.4, -0.2) is 41.8 Å². The van der Waals surface area contributed by atoms with Crippen LogP contribution in [0.5, 0.6) is 0 Å². The number of nitrogens with one attached hydrogen (secondary N) is 1. The molecule has 3 aromatic carbocycles. The number of amides is 3. The van der Waals surface area contributed by atoms with E-state index in [1.807, 2.05) is 44.2 Å². The lowest BCUT2D eigenvalue weighted by molar-refractivity contribution is -0.140. The average molecular weight is 498 g/mol. The minimum absolute atomic E-state index is 0.157. The highest BCUT2D eigenvalue weighted by Crippen LogP contribution is 2.37. The smallest absolute Gasteiger partial charge is 0.259 e. The second kappa shape index (κ2) is 10.0. The maximum atomic E-state index is 13.7. The van der Waals surface area contributed by atoms with Crippen molar-refractivity contribution in [2.24, 2.45) is 0 Å². The Balaban J connectivity index is 1.66. The fraction of sp³-hybridized carbons (Fsp3) is 0.269. The summed E-state index contributed by atoms with van der Waals surface area (Å²) in [6.07, 6.45) is 0.419. The zero-order valence-corrected chi connectivity index (χ0v) is 20.5. The first-order valence-electron chi connectivity index (χ1n) is 11.2. The summed E-state index contributed by atoms with van der Waals surface area (Å²) in [5.41, 5.74) is 2.02. The largest absolute Gasteiger partial charge is 0.355 e. The second-order valence-corrected chi connectivity index (χ2v) is 8.98. The summed E-state index contributed by atoms with van der Waals surface area (Å²) in [4.78, 5) is 42.7. The number of carbonyl (C=O) groups excluding carboxylic acids is 3. The quantitative estimate of drug-likeness (QED) is 0.473. The minimum Gasteiger partial charge on any atom is -0.355 e. The van der Waals surface area contributed by atoms with Gasteiger partial charge in [-0.15, -0.1) is 0 Å². The van der Waals surface area contributed by atoms with Gasteiger partial charge in [0.15, 0.2) is 0 Å². The zero-order chi connectivity index (χ0) is 24.4. The predicted octanol–water partition coefficient (Wildman–Crippen LogP) is 5.05. The molecule has 0 fully saturated rings. The molecule has 0 radical (unpaired) electrons. The molecule has 0 bridgehead atoms. The van der Waals surface area contributed by atoms with Gasteiger partial charge in [0.1, 0.15) is 12.6 Å². The van der Waals surface area contributed by atoms with E-state index in [0.717, 1.165) is 16.3 Å². The molecule has 0 spiro atoms. The predicted molar refractivity (Wildman–Crippen MR) is 135 cm³/mol. The molecular weight excluding hydrogens is 473 g/mol. The maximum absolute atomic E-state index is 13.7. The second-order valence-electron chi connectivity index (χ2n) is 8.16. The molecular formula is C26H25Cl2N3O3. The lowest BCUT2D eigenvalue weighted by atomic mass is 10.1. The van der Waals surface area contributed by atoms with Crippen LogP contribution in [0.4, 0.5) is 5.69 Å². The van der Waals surface area contributed by atoms with Crippen LogP contribution in [0.1, 0.15) is 36.2 Å². The van der Waals surface area contributed by atoms with Crippen LogP contribution in [0, 0.1) is 0 Å². The highest BCUT2D eigenvalue weighted by atomic mass is 35.5. The first-order valence-corrected chi connectivity index (χ1v) is 12.0. The molecule has 0 unspecified atom stereocenters. The number of halogens is 2. The Hall–Kier alpha value is -3.09. The Morgan fingerprint density at radius 1 is 1.03 bits per heavy atom. The van der Waals surface area contributed by atoms with Gasteiger partial charge in [-0.2, -0.15) is 0 Å². The van der Waals surface area contributed by atoms with E-state index in [4.69, 9.17) is 23.2 Å². The van der Waals surface area contributed by atoms with Crippen molar-refractivity contribution in [2.75, 3.05) is 18.0 Å². The SMILES string of the molecule is CCNC(=O)[C@@H](CC)N(Cc1ccc(Cl)c(Cl)c1)C(=O)CN1C(=O)c2cccc3cccc1c23. The summed E-state index contributed by atoms with van der Waals surface area (Å²) in [6.45, 7) is 4.11. The van der Waals surface area contributed by atoms with E-state index in [0.29, 0.717) is 34.3 Å². The minimum atomic E-state index is -0.697. The summed E-state index contributed by atoms with van der Waals surface area (Å²) >= 11 is 12.2. The molecule has 3 amide bonds. The van der Waals surface area contributed by atoms with E-state index in [2.05, 4.69) is 5.32 Å². The summed E-state index contributed by atoms with van der Waals surface area (Å²) in [5, 5.41) is 5.38. The van der Waals surface area contributed by atoms with Crippen LogP contribution in [0.25, 0.3) is 10.8 Å².